The molecule has 0 radical (unpaired) electrons. The molecule has 3 nitrogen and oxygen atoms in total. The maximum Gasteiger partial charge on any atom is 0.0892 e. The van der Waals surface area contributed by atoms with E-state index in [0.717, 1.165) is 13.1 Å². The average molecular weight is 174 g/mol. The molecule has 2 unspecified atom stereocenters. The normalized spacial score (nSPS) is 19.2. The monoisotopic (exact) mass is 174 g/mol. The molecule has 0 aromatic heterocycles. The van der Waals surface area contributed by atoms with Crippen LogP contribution in [0.15, 0.2) is 0 Å². The molecule has 0 saturated heterocycles. The lowest BCUT2D eigenvalue weighted by Crippen LogP contribution is -2.53. The van der Waals surface area contributed by atoms with Crippen LogP contribution in [0.5, 0.6) is 0 Å². The molecule has 74 valence electrons. The van der Waals surface area contributed by atoms with Gasteiger partial charge in [0.2, 0.25) is 0 Å². The first-order chi connectivity index (χ1) is 5.49. The Morgan fingerprint density at radius 2 is 1.83 bits per heavy atom. The fourth-order valence-electron chi connectivity index (χ4n) is 1.34. The van der Waals surface area contributed by atoms with Gasteiger partial charge in [0, 0.05) is 12.6 Å². The Labute approximate surface area is 75.6 Å². The third kappa shape index (κ3) is 2.73. The van der Waals surface area contributed by atoms with E-state index in [1.807, 2.05) is 6.92 Å². The fourth-order valence-corrected chi connectivity index (χ4v) is 1.34. The Balaban J connectivity index is 4.23. The van der Waals surface area contributed by atoms with E-state index in [2.05, 4.69) is 18.7 Å². The third-order valence-electron chi connectivity index (χ3n) is 2.67. The highest BCUT2D eigenvalue weighted by atomic mass is 16.3. The van der Waals surface area contributed by atoms with Crippen LogP contribution in [0.1, 0.15) is 27.7 Å². The van der Waals surface area contributed by atoms with Gasteiger partial charge in [-0.2, -0.15) is 0 Å². The zero-order valence-electron chi connectivity index (χ0n) is 8.67. The number of nitrogens with two attached hydrogens (primary N) is 1. The van der Waals surface area contributed by atoms with Crippen LogP contribution in [0.3, 0.4) is 0 Å². The molecule has 0 amide bonds. The molecular formula is C9H22N2O. The Kier molecular flexibility index (Phi) is 4.75. The maximum atomic E-state index is 9.86. The highest BCUT2D eigenvalue weighted by Gasteiger charge is 2.29. The number of hydrogen-bond donors (Lipinski definition) is 2. The Bertz CT molecular complexity index is 122. The molecule has 0 aromatic carbocycles. The highest BCUT2D eigenvalue weighted by Crippen LogP contribution is 2.13. The largest absolute Gasteiger partial charge is 0.387 e. The van der Waals surface area contributed by atoms with Gasteiger partial charge < -0.3 is 10.8 Å². The van der Waals surface area contributed by atoms with Gasteiger partial charge in [-0.25, -0.2) is 0 Å². The Morgan fingerprint density at radius 1 is 1.42 bits per heavy atom. The van der Waals surface area contributed by atoms with E-state index in [4.69, 9.17) is 5.73 Å². The summed E-state index contributed by atoms with van der Waals surface area (Å²) in [6, 6.07) is 0.123. The minimum atomic E-state index is -0.772. The van der Waals surface area contributed by atoms with Crippen LogP contribution in [-0.2, 0) is 0 Å². The third-order valence-corrected chi connectivity index (χ3v) is 2.67. The number of hydrogen-bond acceptors (Lipinski definition) is 3. The standard InChI is InChI=1S/C9H22N2O/c1-5-11(6-2)8(3)9(4,12)7-10/h8,12H,5-7,10H2,1-4H3. The van der Waals surface area contributed by atoms with Crippen LogP contribution in [0, 0.1) is 0 Å². The van der Waals surface area contributed by atoms with Gasteiger partial charge in [-0.3, -0.25) is 4.90 Å². The van der Waals surface area contributed by atoms with Crippen LogP contribution < -0.4 is 5.73 Å². The van der Waals surface area contributed by atoms with Gasteiger partial charge in [-0.05, 0) is 26.9 Å². The second-order valence-electron chi connectivity index (χ2n) is 3.46. The van der Waals surface area contributed by atoms with Crippen molar-refractivity contribution in [2.75, 3.05) is 19.6 Å². The van der Waals surface area contributed by atoms with Crippen molar-refractivity contribution in [3.8, 4) is 0 Å². The van der Waals surface area contributed by atoms with Crippen LogP contribution in [0.25, 0.3) is 0 Å². The first-order valence-electron chi connectivity index (χ1n) is 4.66. The van der Waals surface area contributed by atoms with E-state index in [0.29, 0.717) is 6.54 Å². The molecule has 12 heavy (non-hydrogen) atoms. The van der Waals surface area contributed by atoms with Gasteiger partial charge in [0.25, 0.3) is 0 Å². The predicted octanol–water partition coefficient (Wildman–Crippen LogP) is 0.426. The smallest absolute Gasteiger partial charge is 0.0892 e. The summed E-state index contributed by atoms with van der Waals surface area (Å²) in [4.78, 5) is 2.20. The van der Waals surface area contributed by atoms with Crippen molar-refractivity contribution in [3.05, 3.63) is 0 Å². The lowest BCUT2D eigenvalue weighted by atomic mass is 9.97. The summed E-state index contributed by atoms with van der Waals surface area (Å²) in [6.07, 6.45) is 0. The fraction of sp³-hybridized carbons (Fsp3) is 1.00. The van der Waals surface area contributed by atoms with Gasteiger partial charge in [0.15, 0.2) is 0 Å². The minimum absolute atomic E-state index is 0.123. The summed E-state index contributed by atoms with van der Waals surface area (Å²) in [5, 5.41) is 9.86. The quantitative estimate of drug-likeness (QED) is 0.635. The molecule has 0 saturated carbocycles. The van der Waals surface area contributed by atoms with E-state index in [-0.39, 0.29) is 6.04 Å². The number of aliphatic hydroxyl groups is 1. The molecular weight excluding hydrogens is 152 g/mol. The Morgan fingerprint density at radius 3 is 2.08 bits per heavy atom. The average Bonchev–Trinajstić information content (AvgIpc) is 2.06. The molecule has 3 heteroatoms. The highest BCUT2D eigenvalue weighted by molar-refractivity contribution is 4.86. The van der Waals surface area contributed by atoms with Crippen LogP contribution in [0.4, 0.5) is 0 Å². The number of likely N-dealkylation sites (N-methyl/N-ethyl adjacent to an activating group) is 1. The first kappa shape index (κ1) is 11.9. The molecule has 0 spiro atoms. The topological polar surface area (TPSA) is 49.5 Å². The van der Waals surface area contributed by atoms with Crippen molar-refractivity contribution in [2.24, 2.45) is 5.73 Å². The molecule has 0 bridgehead atoms. The van der Waals surface area contributed by atoms with Gasteiger partial charge in [0.05, 0.1) is 5.60 Å². The van der Waals surface area contributed by atoms with Crippen molar-refractivity contribution in [2.45, 2.75) is 39.3 Å². The summed E-state index contributed by atoms with van der Waals surface area (Å²) < 4.78 is 0. The lowest BCUT2D eigenvalue weighted by molar-refractivity contribution is -0.0159. The van der Waals surface area contributed by atoms with Crippen molar-refractivity contribution < 1.29 is 5.11 Å². The second kappa shape index (κ2) is 4.80. The molecule has 3 N–H and O–H groups in total. The Hall–Kier alpha value is -0.120. The summed E-state index contributed by atoms with van der Waals surface area (Å²) in [6.45, 7) is 10.2. The number of rotatable bonds is 5. The summed E-state index contributed by atoms with van der Waals surface area (Å²) in [5.74, 6) is 0. The van der Waals surface area contributed by atoms with Crippen LogP contribution >= 0.6 is 0 Å². The van der Waals surface area contributed by atoms with Gasteiger partial charge in [-0.1, -0.05) is 13.8 Å². The molecule has 0 aromatic rings. The van der Waals surface area contributed by atoms with E-state index < -0.39 is 5.60 Å². The molecule has 0 heterocycles. The van der Waals surface area contributed by atoms with Crippen molar-refractivity contribution in [1.82, 2.24) is 4.90 Å². The van der Waals surface area contributed by atoms with E-state index in [9.17, 15) is 5.11 Å². The molecule has 0 aliphatic heterocycles. The second-order valence-corrected chi connectivity index (χ2v) is 3.46. The molecule has 0 fully saturated rings. The molecule has 2 atom stereocenters. The summed E-state index contributed by atoms with van der Waals surface area (Å²) in [5.41, 5.74) is 4.71. The lowest BCUT2D eigenvalue weighted by Gasteiger charge is -2.37. The van der Waals surface area contributed by atoms with Crippen LogP contribution in [0.2, 0.25) is 0 Å². The molecule has 0 aliphatic rings. The van der Waals surface area contributed by atoms with Crippen molar-refractivity contribution >= 4 is 0 Å². The van der Waals surface area contributed by atoms with E-state index in [1.165, 1.54) is 0 Å². The van der Waals surface area contributed by atoms with E-state index >= 15 is 0 Å². The van der Waals surface area contributed by atoms with Crippen molar-refractivity contribution in [1.29, 1.82) is 0 Å². The molecule has 0 aliphatic carbocycles. The minimum Gasteiger partial charge on any atom is -0.387 e. The predicted molar refractivity (Wildman–Crippen MR) is 52.1 cm³/mol. The van der Waals surface area contributed by atoms with Gasteiger partial charge >= 0.3 is 0 Å². The molecule has 0 rings (SSSR count). The van der Waals surface area contributed by atoms with E-state index in [1.54, 1.807) is 6.92 Å². The van der Waals surface area contributed by atoms with Crippen LogP contribution in [-0.4, -0.2) is 41.3 Å². The first-order valence-corrected chi connectivity index (χ1v) is 4.66. The zero-order chi connectivity index (χ0) is 9.78. The maximum absolute atomic E-state index is 9.86. The van der Waals surface area contributed by atoms with Gasteiger partial charge in [0.1, 0.15) is 0 Å². The van der Waals surface area contributed by atoms with Gasteiger partial charge in [-0.15, -0.1) is 0 Å². The van der Waals surface area contributed by atoms with Crippen molar-refractivity contribution in [3.63, 3.8) is 0 Å². The SMILES string of the molecule is CCN(CC)C(C)C(C)(O)CN. The summed E-state index contributed by atoms with van der Waals surface area (Å²) in [7, 11) is 0. The zero-order valence-corrected chi connectivity index (χ0v) is 8.67. The summed E-state index contributed by atoms with van der Waals surface area (Å²) >= 11 is 0. The number of nitrogens with zero attached hydrogens (tertiary/aromatic N) is 1.